The van der Waals surface area contributed by atoms with E-state index in [1.54, 1.807) is 0 Å². The summed E-state index contributed by atoms with van der Waals surface area (Å²) in [5, 5.41) is 10.4. The molecule has 3 N–H and O–H groups in total. The van der Waals surface area contributed by atoms with Crippen molar-refractivity contribution in [2.45, 2.75) is 36.8 Å². The van der Waals surface area contributed by atoms with Gasteiger partial charge in [-0.25, -0.2) is 0 Å². The molecule has 0 aromatic heterocycles. The van der Waals surface area contributed by atoms with Gasteiger partial charge in [-0.15, -0.1) is 0 Å². The predicted molar refractivity (Wildman–Crippen MR) is 122 cm³/mol. The van der Waals surface area contributed by atoms with Gasteiger partial charge in [0.25, 0.3) is 0 Å². The molecular formula is C26H31N3O. The van der Waals surface area contributed by atoms with Crippen LogP contribution in [0.2, 0.25) is 0 Å². The second-order valence-corrected chi connectivity index (χ2v) is 8.49. The number of unbranched alkanes of at least 4 members (excludes halogenated alkanes) is 1. The molecule has 1 aliphatic heterocycles. The van der Waals surface area contributed by atoms with Crippen LogP contribution in [0.5, 0.6) is 0 Å². The molecular weight excluding hydrogens is 370 g/mol. The van der Waals surface area contributed by atoms with Gasteiger partial charge < -0.3 is 10.1 Å². The van der Waals surface area contributed by atoms with E-state index in [1.807, 2.05) is 7.05 Å². The fourth-order valence-electron chi connectivity index (χ4n) is 5.15. The number of fused-ring (bicyclic) bond motifs is 3. The van der Waals surface area contributed by atoms with Crippen LogP contribution in [0.3, 0.4) is 0 Å². The molecule has 4 nitrogen and oxygen atoms in total. The monoisotopic (exact) mass is 401 g/mol. The highest BCUT2D eigenvalue weighted by molar-refractivity contribution is 5.78. The molecule has 1 fully saturated rings. The first-order chi connectivity index (χ1) is 14.8. The lowest BCUT2D eigenvalue weighted by Crippen LogP contribution is -2.24. The number of hydrogen-bond donors (Lipinski definition) is 3. The van der Waals surface area contributed by atoms with Gasteiger partial charge in [0, 0.05) is 24.7 Å². The third-order valence-electron chi connectivity index (χ3n) is 6.76. The van der Waals surface area contributed by atoms with Crippen molar-refractivity contribution in [3.63, 3.8) is 0 Å². The Labute approximate surface area is 179 Å². The van der Waals surface area contributed by atoms with E-state index in [0.717, 1.165) is 13.2 Å². The second kappa shape index (κ2) is 8.38. The number of nitrogens with one attached hydrogen (secondary N) is 3. The maximum absolute atomic E-state index is 6.03. The summed E-state index contributed by atoms with van der Waals surface area (Å²) in [5.41, 5.74) is 6.90. The van der Waals surface area contributed by atoms with Crippen molar-refractivity contribution in [1.82, 2.24) is 16.0 Å². The number of hydrogen-bond acceptors (Lipinski definition) is 4. The van der Waals surface area contributed by atoms with Crippen LogP contribution in [0.15, 0.2) is 72.5 Å². The third kappa shape index (κ3) is 3.49. The van der Waals surface area contributed by atoms with Gasteiger partial charge in [-0.2, -0.15) is 0 Å². The molecule has 3 aliphatic rings. The van der Waals surface area contributed by atoms with E-state index in [2.05, 4.69) is 82.7 Å². The van der Waals surface area contributed by atoms with E-state index in [1.165, 1.54) is 47.2 Å². The Hall–Kier alpha value is -2.40. The first-order valence-corrected chi connectivity index (χ1v) is 11.2. The molecule has 0 bridgehead atoms. The van der Waals surface area contributed by atoms with Crippen molar-refractivity contribution in [2.75, 3.05) is 26.9 Å². The van der Waals surface area contributed by atoms with Crippen molar-refractivity contribution in [3.8, 4) is 11.1 Å². The van der Waals surface area contributed by atoms with Gasteiger partial charge in [0.1, 0.15) is 0 Å². The molecule has 156 valence electrons. The average Bonchev–Trinajstić information content (AvgIpc) is 3.16. The predicted octanol–water partition coefficient (Wildman–Crippen LogP) is 3.92. The molecule has 1 saturated heterocycles. The van der Waals surface area contributed by atoms with Crippen LogP contribution >= 0.6 is 0 Å². The Kier molecular flexibility index (Phi) is 5.47. The van der Waals surface area contributed by atoms with E-state index in [9.17, 15) is 0 Å². The molecule has 1 heterocycles. The third-order valence-corrected chi connectivity index (χ3v) is 6.76. The molecule has 0 saturated carbocycles. The fraction of sp³-hybridized carbons (Fsp3) is 0.385. The number of allylic oxidation sites excluding steroid dienone is 2. The lowest BCUT2D eigenvalue weighted by Gasteiger charge is -2.14. The van der Waals surface area contributed by atoms with Gasteiger partial charge >= 0.3 is 0 Å². The molecule has 2 aromatic carbocycles. The standard InChI is InChI=1S/C26H31N3O/c1-27-24-14-8-15-26(24)25(29-26)13-6-7-16-28-18-30-17-23-21-11-4-2-9-19(21)20-10-3-5-12-22(20)23/h2-5,8-12,14-15,23,25,27-29H,6-7,13,16-18H2,1H3/t25-,26?/m1/s1. The molecule has 2 atom stereocenters. The summed E-state index contributed by atoms with van der Waals surface area (Å²) in [7, 11) is 2.00. The number of likely N-dealkylation sites (N-methyl/N-ethyl adjacent to an activating group) is 1. The molecule has 30 heavy (non-hydrogen) atoms. The van der Waals surface area contributed by atoms with Crippen molar-refractivity contribution in [2.24, 2.45) is 0 Å². The maximum Gasteiger partial charge on any atom is 0.0965 e. The minimum Gasteiger partial charge on any atom is -0.390 e. The second-order valence-electron chi connectivity index (χ2n) is 8.49. The van der Waals surface area contributed by atoms with Gasteiger partial charge in [-0.1, -0.05) is 67.1 Å². The molecule has 5 rings (SSSR count). The summed E-state index contributed by atoms with van der Waals surface area (Å²) in [4.78, 5) is 0. The minimum atomic E-state index is 0.110. The van der Waals surface area contributed by atoms with E-state index in [4.69, 9.17) is 4.74 Å². The largest absolute Gasteiger partial charge is 0.390 e. The number of rotatable bonds is 10. The van der Waals surface area contributed by atoms with Crippen LogP contribution in [0, 0.1) is 0 Å². The van der Waals surface area contributed by atoms with Crippen LogP contribution < -0.4 is 16.0 Å². The minimum absolute atomic E-state index is 0.110. The summed E-state index contributed by atoms with van der Waals surface area (Å²) in [6.07, 6.45) is 10.2. The Morgan fingerprint density at radius 3 is 2.47 bits per heavy atom. The summed E-state index contributed by atoms with van der Waals surface area (Å²) in [6, 6.07) is 18.0. The first kappa shape index (κ1) is 19.6. The quantitative estimate of drug-likeness (QED) is 0.321. The van der Waals surface area contributed by atoms with E-state index >= 15 is 0 Å². The summed E-state index contributed by atoms with van der Waals surface area (Å²) >= 11 is 0. The number of ether oxygens (including phenoxy) is 1. The lowest BCUT2D eigenvalue weighted by molar-refractivity contribution is 0.111. The van der Waals surface area contributed by atoms with Crippen molar-refractivity contribution >= 4 is 0 Å². The Bertz CT molecular complexity index is 921. The van der Waals surface area contributed by atoms with Crippen LogP contribution in [-0.2, 0) is 4.74 Å². The van der Waals surface area contributed by atoms with Crippen molar-refractivity contribution < 1.29 is 4.74 Å². The fourth-order valence-corrected chi connectivity index (χ4v) is 5.15. The lowest BCUT2D eigenvalue weighted by atomic mass is 9.98. The maximum atomic E-state index is 6.03. The average molecular weight is 402 g/mol. The van der Waals surface area contributed by atoms with Gasteiger partial charge in [0.2, 0.25) is 0 Å². The van der Waals surface area contributed by atoms with Gasteiger partial charge in [-0.05, 0) is 47.7 Å². The zero-order chi connectivity index (χ0) is 20.4. The van der Waals surface area contributed by atoms with Crippen LogP contribution in [0.1, 0.15) is 36.3 Å². The van der Waals surface area contributed by atoms with Crippen molar-refractivity contribution in [3.05, 3.63) is 83.6 Å². The highest BCUT2D eigenvalue weighted by atomic mass is 16.5. The molecule has 4 heteroatoms. The SMILES string of the molecule is CNC1=CC=CC12N[C@@H]2CCCCNCOCC1c2ccccc2-c2ccccc21. The van der Waals surface area contributed by atoms with Gasteiger partial charge in [0.05, 0.1) is 18.9 Å². The van der Waals surface area contributed by atoms with Crippen LogP contribution in [-0.4, -0.2) is 38.5 Å². The van der Waals surface area contributed by atoms with E-state index in [0.29, 0.717) is 18.7 Å². The Morgan fingerprint density at radius 2 is 1.73 bits per heavy atom. The van der Waals surface area contributed by atoms with E-state index < -0.39 is 0 Å². The summed E-state index contributed by atoms with van der Waals surface area (Å²) < 4.78 is 6.03. The normalized spacial score (nSPS) is 23.5. The number of benzene rings is 2. The zero-order valence-corrected chi connectivity index (χ0v) is 17.7. The van der Waals surface area contributed by atoms with Crippen LogP contribution in [0.4, 0.5) is 0 Å². The zero-order valence-electron chi connectivity index (χ0n) is 17.7. The molecule has 1 unspecified atom stereocenters. The topological polar surface area (TPSA) is 55.2 Å². The van der Waals surface area contributed by atoms with Gasteiger partial charge in [-0.3, -0.25) is 10.6 Å². The smallest absolute Gasteiger partial charge is 0.0965 e. The van der Waals surface area contributed by atoms with E-state index in [-0.39, 0.29) is 5.54 Å². The van der Waals surface area contributed by atoms with Crippen LogP contribution in [0.25, 0.3) is 11.1 Å². The first-order valence-electron chi connectivity index (χ1n) is 11.2. The molecule has 0 amide bonds. The Balaban J connectivity index is 1.01. The highest BCUT2D eigenvalue weighted by Gasteiger charge is 2.54. The Morgan fingerprint density at radius 1 is 1.00 bits per heavy atom. The summed E-state index contributed by atoms with van der Waals surface area (Å²) in [6.45, 7) is 2.34. The molecule has 1 spiro atoms. The molecule has 2 aromatic rings. The highest BCUT2D eigenvalue weighted by Crippen LogP contribution is 2.44. The molecule has 2 aliphatic carbocycles. The molecule has 0 radical (unpaired) electrons. The summed E-state index contributed by atoms with van der Waals surface area (Å²) in [5.74, 6) is 0.338. The van der Waals surface area contributed by atoms with Gasteiger partial charge in [0.15, 0.2) is 0 Å². The van der Waals surface area contributed by atoms with Crippen molar-refractivity contribution in [1.29, 1.82) is 0 Å².